The van der Waals surface area contributed by atoms with E-state index in [2.05, 4.69) is 21.0 Å². The molecule has 0 bridgehead atoms. The molecule has 0 saturated carbocycles. The van der Waals surface area contributed by atoms with Crippen molar-refractivity contribution >= 4 is 17.8 Å². The van der Waals surface area contributed by atoms with Crippen LogP contribution in [0.25, 0.3) is 0 Å². The molecule has 0 amide bonds. The van der Waals surface area contributed by atoms with Crippen LogP contribution < -0.4 is 15.5 Å². The zero-order chi connectivity index (χ0) is 15.2. The minimum absolute atomic E-state index is 0.178. The molecule has 0 spiro atoms. The second-order valence-electron chi connectivity index (χ2n) is 5.09. The van der Waals surface area contributed by atoms with E-state index in [-0.39, 0.29) is 12.0 Å². The molecule has 8 heteroatoms. The van der Waals surface area contributed by atoms with Crippen LogP contribution in [-0.4, -0.2) is 53.8 Å². The number of nitrogens with two attached hydrogens (primary N) is 1. The largest absolute Gasteiger partial charge is 0.378 e. The van der Waals surface area contributed by atoms with Crippen molar-refractivity contribution in [3.8, 4) is 6.07 Å². The van der Waals surface area contributed by atoms with Crippen LogP contribution in [0.1, 0.15) is 20.3 Å². The van der Waals surface area contributed by atoms with Gasteiger partial charge in [-0.2, -0.15) is 20.2 Å². The quantitative estimate of drug-likeness (QED) is 0.832. The Balaban J connectivity index is 2.25. The van der Waals surface area contributed by atoms with Crippen molar-refractivity contribution in [1.29, 1.82) is 5.26 Å². The Labute approximate surface area is 124 Å². The highest BCUT2D eigenvalue weighted by molar-refractivity contribution is 5.44. The number of nitrogen functional groups attached to an aromatic ring is 1. The van der Waals surface area contributed by atoms with E-state index in [0.29, 0.717) is 38.1 Å². The van der Waals surface area contributed by atoms with E-state index in [0.717, 1.165) is 13.1 Å². The third-order valence-electron chi connectivity index (χ3n) is 3.27. The van der Waals surface area contributed by atoms with E-state index in [9.17, 15) is 0 Å². The SMILES string of the molecule is CC(C)N(CCC#N)c1nc(N)nc(N2CCOCC2)n1. The molecule has 2 rings (SSSR count). The molecule has 2 N–H and O–H groups in total. The minimum atomic E-state index is 0.178. The zero-order valence-electron chi connectivity index (χ0n) is 12.5. The lowest BCUT2D eigenvalue weighted by atomic mass is 10.3. The van der Waals surface area contributed by atoms with Crippen molar-refractivity contribution in [2.45, 2.75) is 26.3 Å². The smallest absolute Gasteiger partial charge is 0.232 e. The Morgan fingerprint density at radius 3 is 2.67 bits per heavy atom. The summed E-state index contributed by atoms with van der Waals surface area (Å²) in [5.41, 5.74) is 5.82. The van der Waals surface area contributed by atoms with Gasteiger partial charge in [0, 0.05) is 25.7 Å². The van der Waals surface area contributed by atoms with Gasteiger partial charge in [0.2, 0.25) is 17.8 Å². The van der Waals surface area contributed by atoms with E-state index in [1.165, 1.54) is 0 Å². The molecule has 21 heavy (non-hydrogen) atoms. The normalized spacial score (nSPS) is 15.0. The first kappa shape index (κ1) is 15.3. The standard InChI is InChI=1S/C13H21N7O/c1-10(2)20(5-3-4-14)13-17-11(15)16-12(18-13)19-6-8-21-9-7-19/h10H,3,5-9H2,1-2H3,(H2,15,16,17,18). The summed E-state index contributed by atoms with van der Waals surface area (Å²) >= 11 is 0. The summed E-state index contributed by atoms with van der Waals surface area (Å²) in [6.07, 6.45) is 0.413. The van der Waals surface area contributed by atoms with Gasteiger partial charge < -0.3 is 20.3 Å². The van der Waals surface area contributed by atoms with Gasteiger partial charge in [-0.3, -0.25) is 0 Å². The molecule has 114 valence electrons. The summed E-state index contributed by atoms with van der Waals surface area (Å²) in [4.78, 5) is 16.9. The van der Waals surface area contributed by atoms with Gasteiger partial charge in [-0.05, 0) is 13.8 Å². The lowest BCUT2D eigenvalue weighted by Gasteiger charge is -2.29. The summed E-state index contributed by atoms with van der Waals surface area (Å²) in [5, 5.41) is 8.78. The predicted octanol–water partition coefficient (Wildman–Crippen LogP) is 0.419. The van der Waals surface area contributed by atoms with Gasteiger partial charge in [-0.25, -0.2) is 0 Å². The van der Waals surface area contributed by atoms with Gasteiger partial charge >= 0.3 is 0 Å². The molecule has 0 aliphatic carbocycles. The number of ether oxygens (including phenoxy) is 1. The predicted molar refractivity (Wildman–Crippen MR) is 80.0 cm³/mol. The molecule has 0 aromatic carbocycles. The second kappa shape index (κ2) is 7.04. The average Bonchev–Trinajstić information content (AvgIpc) is 2.48. The summed E-state index contributed by atoms with van der Waals surface area (Å²) < 4.78 is 5.33. The highest BCUT2D eigenvalue weighted by Gasteiger charge is 2.19. The topological polar surface area (TPSA) is 104 Å². The molecule has 1 aromatic heterocycles. The van der Waals surface area contributed by atoms with Gasteiger partial charge in [0.15, 0.2) is 0 Å². The fraction of sp³-hybridized carbons (Fsp3) is 0.692. The summed E-state index contributed by atoms with van der Waals surface area (Å²) in [5.74, 6) is 1.29. The van der Waals surface area contributed by atoms with Gasteiger partial charge in [0.05, 0.1) is 25.7 Å². The number of nitriles is 1. The van der Waals surface area contributed by atoms with Crippen LogP contribution in [0.3, 0.4) is 0 Å². The maximum Gasteiger partial charge on any atom is 0.232 e. The van der Waals surface area contributed by atoms with Crippen LogP contribution >= 0.6 is 0 Å². The zero-order valence-corrected chi connectivity index (χ0v) is 12.5. The first-order chi connectivity index (χ1) is 10.1. The molecular formula is C13H21N7O. The van der Waals surface area contributed by atoms with Crippen LogP contribution in [0, 0.1) is 11.3 Å². The van der Waals surface area contributed by atoms with Crippen molar-refractivity contribution in [2.75, 3.05) is 48.4 Å². The summed E-state index contributed by atoms with van der Waals surface area (Å²) in [7, 11) is 0. The van der Waals surface area contributed by atoms with Crippen molar-refractivity contribution < 1.29 is 4.74 Å². The van der Waals surface area contributed by atoms with E-state index >= 15 is 0 Å². The molecule has 1 aliphatic rings. The van der Waals surface area contributed by atoms with E-state index in [1.54, 1.807) is 0 Å². The number of anilines is 3. The lowest BCUT2D eigenvalue weighted by molar-refractivity contribution is 0.122. The first-order valence-corrected chi connectivity index (χ1v) is 7.09. The molecule has 8 nitrogen and oxygen atoms in total. The van der Waals surface area contributed by atoms with Crippen molar-refractivity contribution in [3.63, 3.8) is 0 Å². The number of nitrogens with zero attached hydrogens (tertiary/aromatic N) is 6. The molecule has 1 aliphatic heterocycles. The number of morpholine rings is 1. The van der Waals surface area contributed by atoms with E-state index in [1.807, 2.05) is 23.6 Å². The number of rotatable bonds is 5. The van der Waals surface area contributed by atoms with E-state index < -0.39 is 0 Å². The number of aromatic nitrogens is 3. The molecule has 1 saturated heterocycles. The van der Waals surface area contributed by atoms with Gasteiger partial charge in [0.25, 0.3) is 0 Å². The van der Waals surface area contributed by atoms with Gasteiger partial charge in [-0.15, -0.1) is 0 Å². The van der Waals surface area contributed by atoms with Crippen molar-refractivity contribution in [2.24, 2.45) is 0 Å². The fourth-order valence-electron chi connectivity index (χ4n) is 2.16. The Bertz CT molecular complexity index is 508. The molecular weight excluding hydrogens is 270 g/mol. The van der Waals surface area contributed by atoms with Crippen LogP contribution in [0.15, 0.2) is 0 Å². The first-order valence-electron chi connectivity index (χ1n) is 7.09. The monoisotopic (exact) mass is 291 g/mol. The number of hydrogen-bond acceptors (Lipinski definition) is 8. The Hall–Kier alpha value is -2.14. The second-order valence-corrected chi connectivity index (χ2v) is 5.09. The van der Waals surface area contributed by atoms with Crippen LogP contribution in [0.2, 0.25) is 0 Å². The Morgan fingerprint density at radius 1 is 1.33 bits per heavy atom. The lowest BCUT2D eigenvalue weighted by Crippen LogP contribution is -2.39. The summed E-state index contributed by atoms with van der Waals surface area (Å²) in [6.45, 7) is 7.43. The van der Waals surface area contributed by atoms with Crippen LogP contribution in [-0.2, 0) is 4.74 Å². The van der Waals surface area contributed by atoms with Crippen molar-refractivity contribution in [1.82, 2.24) is 15.0 Å². The molecule has 1 aromatic rings. The Morgan fingerprint density at radius 2 is 2.05 bits per heavy atom. The highest BCUT2D eigenvalue weighted by atomic mass is 16.5. The third-order valence-corrected chi connectivity index (χ3v) is 3.27. The third kappa shape index (κ3) is 3.92. The molecule has 0 atom stereocenters. The maximum absolute atomic E-state index is 8.78. The minimum Gasteiger partial charge on any atom is -0.378 e. The van der Waals surface area contributed by atoms with Gasteiger partial charge in [-0.1, -0.05) is 0 Å². The van der Waals surface area contributed by atoms with E-state index in [4.69, 9.17) is 15.7 Å². The van der Waals surface area contributed by atoms with Crippen molar-refractivity contribution in [3.05, 3.63) is 0 Å². The Kier molecular flexibility index (Phi) is 5.11. The summed E-state index contributed by atoms with van der Waals surface area (Å²) in [6, 6.07) is 2.32. The average molecular weight is 291 g/mol. The number of hydrogen-bond donors (Lipinski definition) is 1. The molecule has 2 heterocycles. The fourth-order valence-corrected chi connectivity index (χ4v) is 2.16. The van der Waals surface area contributed by atoms with Gasteiger partial charge in [0.1, 0.15) is 0 Å². The molecule has 0 unspecified atom stereocenters. The van der Waals surface area contributed by atoms with Crippen LogP contribution in [0.5, 0.6) is 0 Å². The highest BCUT2D eigenvalue weighted by Crippen LogP contribution is 2.18. The molecule has 0 radical (unpaired) electrons. The molecule has 1 fully saturated rings. The maximum atomic E-state index is 8.78. The van der Waals surface area contributed by atoms with Crippen LogP contribution in [0.4, 0.5) is 17.8 Å².